The first-order valence-electron chi connectivity index (χ1n) is 8.63. The highest BCUT2D eigenvalue weighted by atomic mass is 32.1. The molecular formula is C20H20N2O4S2. The number of thiophene rings is 1. The van der Waals surface area contributed by atoms with Crippen LogP contribution in [0.4, 0.5) is 0 Å². The van der Waals surface area contributed by atoms with E-state index in [1.807, 2.05) is 41.1 Å². The lowest BCUT2D eigenvalue weighted by molar-refractivity contribution is -0.124. The lowest BCUT2D eigenvalue weighted by Crippen LogP contribution is -2.30. The zero-order valence-corrected chi connectivity index (χ0v) is 17.2. The molecular weight excluding hydrogens is 396 g/mol. The smallest absolute Gasteiger partial charge is 0.350 e. The molecule has 0 aliphatic rings. The minimum atomic E-state index is -0.526. The number of hydrogen-bond acceptors (Lipinski definition) is 7. The molecule has 1 N–H and O–H groups in total. The van der Waals surface area contributed by atoms with Gasteiger partial charge in [-0.3, -0.25) is 4.79 Å². The molecule has 0 unspecified atom stereocenters. The van der Waals surface area contributed by atoms with Gasteiger partial charge in [0.2, 0.25) is 0 Å². The van der Waals surface area contributed by atoms with Gasteiger partial charge in [0, 0.05) is 17.5 Å². The number of methoxy groups -OCH3 is 1. The maximum absolute atomic E-state index is 12.3. The van der Waals surface area contributed by atoms with E-state index in [0.717, 1.165) is 21.9 Å². The fourth-order valence-electron chi connectivity index (χ4n) is 2.48. The van der Waals surface area contributed by atoms with Gasteiger partial charge in [0.25, 0.3) is 5.91 Å². The molecule has 0 atom stereocenters. The number of aryl methyl sites for hydroxylation is 1. The number of ether oxygens (including phenoxy) is 2. The van der Waals surface area contributed by atoms with Crippen LogP contribution in [0, 0.1) is 6.92 Å². The van der Waals surface area contributed by atoms with Crippen molar-refractivity contribution in [2.24, 2.45) is 0 Å². The van der Waals surface area contributed by atoms with Crippen LogP contribution >= 0.6 is 22.7 Å². The Morgan fingerprint density at radius 3 is 2.64 bits per heavy atom. The predicted octanol–water partition coefficient (Wildman–Crippen LogP) is 3.70. The number of amides is 1. The van der Waals surface area contributed by atoms with E-state index in [0.29, 0.717) is 23.5 Å². The standard InChI is InChI=1S/C20H20N2O4S2/c1-13-18(28-19(22-13)15-8-10-27-12-15)20(24)26-11-17(23)21-9-7-14-3-5-16(25-2)6-4-14/h3-6,8,10,12H,7,9,11H2,1-2H3,(H,21,23). The highest BCUT2D eigenvalue weighted by Gasteiger charge is 2.18. The minimum absolute atomic E-state index is 0.313. The van der Waals surface area contributed by atoms with Crippen LogP contribution in [0.2, 0.25) is 0 Å². The van der Waals surface area contributed by atoms with E-state index in [9.17, 15) is 9.59 Å². The average Bonchev–Trinajstić information content (AvgIpc) is 3.36. The first kappa shape index (κ1) is 20.0. The van der Waals surface area contributed by atoms with Crippen molar-refractivity contribution in [2.75, 3.05) is 20.3 Å². The Hall–Kier alpha value is -2.71. The van der Waals surface area contributed by atoms with Gasteiger partial charge in [-0.15, -0.1) is 11.3 Å². The molecule has 0 saturated heterocycles. The predicted molar refractivity (Wildman–Crippen MR) is 110 cm³/mol. The quantitative estimate of drug-likeness (QED) is 0.567. The Kier molecular flexibility index (Phi) is 6.78. The summed E-state index contributed by atoms with van der Waals surface area (Å²) in [4.78, 5) is 29.0. The molecule has 0 spiro atoms. The molecule has 2 heterocycles. The maximum Gasteiger partial charge on any atom is 0.350 e. The molecule has 8 heteroatoms. The Morgan fingerprint density at radius 1 is 1.18 bits per heavy atom. The second kappa shape index (κ2) is 9.48. The minimum Gasteiger partial charge on any atom is -0.497 e. The number of benzene rings is 1. The summed E-state index contributed by atoms with van der Waals surface area (Å²) in [7, 11) is 1.62. The molecule has 3 rings (SSSR count). The number of carbonyl (C=O) groups is 2. The summed E-state index contributed by atoms with van der Waals surface area (Å²) in [6.07, 6.45) is 0.682. The van der Waals surface area contributed by atoms with Crippen molar-refractivity contribution in [3.8, 4) is 16.3 Å². The monoisotopic (exact) mass is 416 g/mol. The van der Waals surface area contributed by atoms with Crippen molar-refractivity contribution in [3.05, 3.63) is 57.2 Å². The molecule has 2 aromatic heterocycles. The van der Waals surface area contributed by atoms with E-state index in [-0.39, 0.29) is 12.5 Å². The summed E-state index contributed by atoms with van der Waals surface area (Å²) in [6, 6.07) is 9.60. The number of rotatable bonds is 8. The van der Waals surface area contributed by atoms with Crippen LogP contribution in [0.3, 0.4) is 0 Å². The van der Waals surface area contributed by atoms with Crippen molar-refractivity contribution >= 4 is 34.6 Å². The molecule has 0 aliphatic carbocycles. The number of nitrogens with zero attached hydrogens (tertiary/aromatic N) is 1. The number of esters is 1. The molecule has 0 radical (unpaired) electrons. The van der Waals surface area contributed by atoms with Crippen LogP contribution in [-0.2, 0) is 16.0 Å². The zero-order chi connectivity index (χ0) is 19.9. The van der Waals surface area contributed by atoms with Crippen molar-refractivity contribution in [3.63, 3.8) is 0 Å². The second-order valence-corrected chi connectivity index (χ2v) is 7.75. The van der Waals surface area contributed by atoms with Gasteiger partial charge >= 0.3 is 5.97 Å². The summed E-state index contributed by atoms with van der Waals surface area (Å²) in [5.74, 6) is -0.0657. The van der Waals surface area contributed by atoms with Gasteiger partial charge in [-0.2, -0.15) is 11.3 Å². The summed E-state index contributed by atoms with van der Waals surface area (Å²) in [6.45, 7) is 1.91. The lowest BCUT2D eigenvalue weighted by atomic mass is 10.1. The molecule has 1 amide bonds. The fraction of sp³-hybridized carbons (Fsp3) is 0.250. The van der Waals surface area contributed by atoms with Crippen LogP contribution in [-0.4, -0.2) is 37.1 Å². The normalized spacial score (nSPS) is 10.5. The number of carbonyl (C=O) groups excluding carboxylic acids is 2. The first-order chi connectivity index (χ1) is 13.6. The van der Waals surface area contributed by atoms with Gasteiger partial charge in [-0.05, 0) is 42.5 Å². The van der Waals surface area contributed by atoms with E-state index in [1.54, 1.807) is 25.4 Å². The summed E-state index contributed by atoms with van der Waals surface area (Å²) < 4.78 is 10.3. The number of nitrogens with one attached hydrogen (secondary N) is 1. The SMILES string of the molecule is COc1ccc(CCNC(=O)COC(=O)c2sc(-c3ccsc3)nc2C)cc1. The topological polar surface area (TPSA) is 77.5 Å². The van der Waals surface area contributed by atoms with Crippen molar-refractivity contribution in [1.29, 1.82) is 0 Å². The van der Waals surface area contributed by atoms with Crippen LogP contribution in [0.5, 0.6) is 5.75 Å². The van der Waals surface area contributed by atoms with Gasteiger partial charge in [0.05, 0.1) is 12.8 Å². The van der Waals surface area contributed by atoms with E-state index in [1.165, 1.54) is 11.3 Å². The molecule has 0 saturated carbocycles. The summed E-state index contributed by atoms with van der Waals surface area (Å²) in [5, 5.41) is 7.46. The van der Waals surface area contributed by atoms with Crippen LogP contribution in [0.15, 0.2) is 41.1 Å². The Balaban J connectivity index is 1.44. The summed E-state index contributed by atoms with van der Waals surface area (Å²) >= 11 is 2.85. The van der Waals surface area contributed by atoms with Crippen LogP contribution in [0.1, 0.15) is 20.9 Å². The third-order valence-corrected chi connectivity index (χ3v) is 5.85. The van der Waals surface area contributed by atoms with Gasteiger partial charge in [-0.1, -0.05) is 12.1 Å². The Bertz CT molecular complexity index is 934. The average molecular weight is 417 g/mol. The van der Waals surface area contributed by atoms with Gasteiger partial charge in [0.15, 0.2) is 6.61 Å². The van der Waals surface area contributed by atoms with Crippen molar-refractivity contribution < 1.29 is 19.1 Å². The molecule has 3 aromatic rings. The van der Waals surface area contributed by atoms with Crippen LogP contribution in [0.25, 0.3) is 10.6 Å². The largest absolute Gasteiger partial charge is 0.497 e. The number of hydrogen-bond donors (Lipinski definition) is 1. The number of thiazole rings is 1. The second-order valence-electron chi connectivity index (χ2n) is 5.97. The third-order valence-electron chi connectivity index (χ3n) is 3.98. The van der Waals surface area contributed by atoms with Gasteiger partial charge in [0.1, 0.15) is 15.6 Å². The lowest BCUT2D eigenvalue weighted by Gasteiger charge is -2.07. The molecule has 0 aliphatic heterocycles. The fourth-order valence-corrected chi connectivity index (χ4v) is 4.15. The maximum atomic E-state index is 12.3. The number of aromatic nitrogens is 1. The first-order valence-corrected chi connectivity index (χ1v) is 10.4. The van der Waals surface area contributed by atoms with E-state index in [4.69, 9.17) is 9.47 Å². The van der Waals surface area contributed by atoms with Gasteiger partial charge < -0.3 is 14.8 Å². The highest BCUT2D eigenvalue weighted by Crippen LogP contribution is 2.29. The molecule has 146 valence electrons. The van der Waals surface area contributed by atoms with Crippen molar-refractivity contribution in [2.45, 2.75) is 13.3 Å². The van der Waals surface area contributed by atoms with Crippen LogP contribution < -0.4 is 10.1 Å². The van der Waals surface area contributed by atoms with E-state index < -0.39 is 5.97 Å². The molecule has 6 nitrogen and oxygen atoms in total. The highest BCUT2D eigenvalue weighted by molar-refractivity contribution is 7.17. The molecule has 28 heavy (non-hydrogen) atoms. The van der Waals surface area contributed by atoms with Gasteiger partial charge in [-0.25, -0.2) is 9.78 Å². The Labute approximate surface area is 171 Å². The molecule has 0 fully saturated rings. The Morgan fingerprint density at radius 2 is 1.96 bits per heavy atom. The zero-order valence-electron chi connectivity index (χ0n) is 15.6. The molecule has 0 bridgehead atoms. The molecule has 1 aromatic carbocycles. The summed E-state index contributed by atoms with van der Waals surface area (Å²) in [5.41, 5.74) is 2.67. The third kappa shape index (κ3) is 5.17. The van der Waals surface area contributed by atoms with E-state index in [2.05, 4.69) is 10.3 Å². The van der Waals surface area contributed by atoms with E-state index >= 15 is 0 Å². The van der Waals surface area contributed by atoms with Crippen molar-refractivity contribution in [1.82, 2.24) is 10.3 Å².